The molecular formula is C13H14N2O. The maximum absolute atomic E-state index is 11.7. The average molecular weight is 214 g/mol. The number of ketones is 1. The summed E-state index contributed by atoms with van der Waals surface area (Å²) in [4.78, 5) is 15.8. The molecular weight excluding hydrogens is 200 g/mol. The molecule has 0 saturated heterocycles. The predicted octanol–water partition coefficient (Wildman–Crippen LogP) is 2.07. The molecule has 0 fully saturated rings. The first-order chi connectivity index (χ1) is 7.72. The summed E-state index contributed by atoms with van der Waals surface area (Å²) in [6.45, 7) is 2.40. The number of carbonyl (C=O) groups excluding carboxylic acids is 1. The van der Waals surface area contributed by atoms with Crippen LogP contribution in [0, 0.1) is 6.92 Å². The van der Waals surface area contributed by atoms with Gasteiger partial charge in [0.2, 0.25) is 0 Å². The molecule has 3 nitrogen and oxygen atoms in total. The highest BCUT2D eigenvalue weighted by Crippen LogP contribution is 2.19. The second-order valence-corrected chi connectivity index (χ2v) is 3.85. The largest absolute Gasteiger partial charge is 0.330 e. The van der Waals surface area contributed by atoms with E-state index in [2.05, 4.69) is 4.98 Å². The number of pyridine rings is 1. The Balaban J connectivity index is 2.48. The average Bonchev–Trinajstić information content (AvgIpc) is 2.29. The molecule has 0 bridgehead atoms. The van der Waals surface area contributed by atoms with Crippen molar-refractivity contribution in [1.29, 1.82) is 0 Å². The minimum atomic E-state index is 0.0888. The van der Waals surface area contributed by atoms with Crippen LogP contribution in [0.2, 0.25) is 0 Å². The Kier molecular flexibility index (Phi) is 2.97. The van der Waals surface area contributed by atoms with Gasteiger partial charge < -0.3 is 5.73 Å². The molecule has 82 valence electrons. The fourth-order valence-corrected chi connectivity index (χ4v) is 1.78. The van der Waals surface area contributed by atoms with Crippen LogP contribution in [0.15, 0.2) is 30.6 Å². The lowest BCUT2D eigenvalue weighted by Crippen LogP contribution is -2.07. The summed E-state index contributed by atoms with van der Waals surface area (Å²) < 4.78 is 0. The number of carbonyl (C=O) groups is 1. The molecule has 0 amide bonds. The van der Waals surface area contributed by atoms with E-state index in [4.69, 9.17) is 5.73 Å². The molecule has 0 radical (unpaired) electrons. The fourth-order valence-electron chi connectivity index (χ4n) is 1.78. The minimum absolute atomic E-state index is 0.0888. The number of hydrogen-bond donors (Lipinski definition) is 1. The smallest absolute Gasteiger partial charge is 0.164 e. The Labute approximate surface area is 94.3 Å². The molecule has 0 unspecified atom stereocenters. The standard InChI is InChI=1S/C13H14N2O/c1-9-7-15-8-11-6-10(2-3-12(9)11)13(16)4-5-14/h2-3,6-8H,4-5,14H2,1H3. The van der Waals surface area contributed by atoms with Gasteiger partial charge in [0, 0.05) is 29.8 Å². The second kappa shape index (κ2) is 4.41. The van der Waals surface area contributed by atoms with Crippen molar-refractivity contribution in [1.82, 2.24) is 4.98 Å². The van der Waals surface area contributed by atoms with E-state index < -0.39 is 0 Å². The molecule has 0 spiro atoms. The van der Waals surface area contributed by atoms with E-state index in [1.54, 1.807) is 6.20 Å². The summed E-state index contributed by atoms with van der Waals surface area (Å²) in [7, 11) is 0. The van der Waals surface area contributed by atoms with Crippen LogP contribution in [0.5, 0.6) is 0 Å². The first-order valence-electron chi connectivity index (χ1n) is 5.30. The van der Waals surface area contributed by atoms with Crippen molar-refractivity contribution in [3.63, 3.8) is 0 Å². The van der Waals surface area contributed by atoms with Crippen LogP contribution in [-0.4, -0.2) is 17.3 Å². The van der Waals surface area contributed by atoms with Gasteiger partial charge in [-0.05, 0) is 30.5 Å². The summed E-state index contributed by atoms with van der Waals surface area (Å²) in [5.74, 6) is 0.0888. The van der Waals surface area contributed by atoms with E-state index in [-0.39, 0.29) is 5.78 Å². The van der Waals surface area contributed by atoms with E-state index in [1.807, 2.05) is 31.3 Å². The molecule has 2 aromatic rings. The topological polar surface area (TPSA) is 56.0 Å². The molecule has 16 heavy (non-hydrogen) atoms. The molecule has 0 aliphatic heterocycles. The van der Waals surface area contributed by atoms with Crippen molar-refractivity contribution >= 4 is 16.6 Å². The number of nitrogens with two attached hydrogens (primary N) is 1. The van der Waals surface area contributed by atoms with Crippen molar-refractivity contribution in [2.45, 2.75) is 13.3 Å². The molecule has 2 rings (SSSR count). The number of aromatic nitrogens is 1. The maximum atomic E-state index is 11.7. The highest BCUT2D eigenvalue weighted by atomic mass is 16.1. The number of Topliss-reactive ketones (excluding diaryl/α,β-unsaturated/α-hetero) is 1. The molecule has 0 aliphatic rings. The van der Waals surface area contributed by atoms with Gasteiger partial charge in [0.25, 0.3) is 0 Å². The Bertz CT molecular complexity index is 534. The normalized spacial score (nSPS) is 10.6. The second-order valence-electron chi connectivity index (χ2n) is 3.85. The summed E-state index contributed by atoms with van der Waals surface area (Å²) >= 11 is 0. The number of aryl methyl sites for hydroxylation is 1. The lowest BCUT2D eigenvalue weighted by atomic mass is 10.0. The van der Waals surface area contributed by atoms with Crippen LogP contribution >= 0.6 is 0 Å². The summed E-state index contributed by atoms with van der Waals surface area (Å²) in [5.41, 5.74) is 7.20. The minimum Gasteiger partial charge on any atom is -0.330 e. The molecule has 0 aliphatic carbocycles. The zero-order valence-electron chi connectivity index (χ0n) is 9.23. The third-order valence-corrected chi connectivity index (χ3v) is 2.65. The molecule has 1 aromatic heterocycles. The first-order valence-corrected chi connectivity index (χ1v) is 5.30. The van der Waals surface area contributed by atoms with Gasteiger partial charge in [0.1, 0.15) is 0 Å². The van der Waals surface area contributed by atoms with Crippen molar-refractivity contribution in [3.05, 3.63) is 41.7 Å². The quantitative estimate of drug-likeness (QED) is 0.796. The van der Waals surface area contributed by atoms with E-state index >= 15 is 0 Å². The molecule has 2 N–H and O–H groups in total. The third-order valence-electron chi connectivity index (χ3n) is 2.65. The SMILES string of the molecule is Cc1cncc2cc(C(=O)CCN)ccc12. The molecule has 1 heterocycles. The predicted molar refractivity (Wildman–Crippen MR) is 64.5 cm³/mol. The van der Waals surface area contributed by atoms with Crippen LogP contribution in [0.25, 0.3) is 10.8 Å². The van der Waals surface area contributed by atoms with Crippen LogP contribution in [0.1, 0.15) is 22.3 Å². The van der Waals surface area contributed by atoms with Crippen LogP contribution in [0.3, 0.4) is 0 Å². The van der Waals surface area contributed by atoms with Gasteiger partial charge in [-0.2, -0.15) is 0 Å². The monoisotopic (exact) mass is 214 g/mol. The Morgan fingerprint density at radius 1 is 1.38 bits per heavy atom. The van der Waals surface area contributed by atoms with Gasteiger partial charge in [-0.25, -0.2) is 0 Å². The van der Waals surface area contributed by atoms with E-state index in [0.717, 1.165) is 16.3 Å². The number of rotatable bonds is 3. The zero-order chi connectivity index (χ0) is 11.5. The van der Waals surface area contributed by atoms with E-state index in [1.165, 1.54) is 0 Å². The maximum Gasteiger partial charge on any atom is 0.164 e. The van der Waals surface area contributed by atoms with Crippen molar-refractivity contribution in [2.24, 2.45) is 5.73 Å². The lowest BCUT2D eigenvalue weighted by molar-refractivity contribution is 0.0985. The Hall–Kier alpha value is -1.74. The van der Waals surface area contributed by atoms with E-state index in [9.17, 15) is 4.79 Å². The van der Waals surface area contributed by atoms with E-state index in [0.29, 0.717) is 18.5 Å². The molecule has 3 heteroatoms. The van der Waals surface area contributed by atoms with Crippen molar-refractivity contribution < 1.29 is 4.79 Å². The van der Waals surface area contributed by atoms with Gasteiger partial charge in [0.05, 0.1) is 0 Å². The number of hydrogen-bond acceptors (Lipinski definition) is 3. The van der Waals surface area contributed by atoms with Crippen LogP contribution in [0.4, 0.5) is 0 Å². The van der Waals surface area contributed by atoms with Gasteiger partial charge in [0.15, 0.2) is 5.78 Å². The highest BCUT2D eigenvalue weighted by molar-refractivity contribution is 6.00. The molecule has 1 aromatic carbocycles. The third kappa shape index (κ3) is 1.95. The number of nitrogens with zero attached hydrogens (tertiary/aromatic N) is 1. The van der Waals surface area contributed by atoms with Crippen LogP contribution < -0.4 is 5.73 Å². The lowest BCUT2D eigenvalue weighted by Gasteiger charge is -2.04. The molecule has 0 saturated carbocycles. The van der Waals surface area contributed by atoms with Gasteiger partial charge in [-0.1, -0.05) is 12.1 Å². The highest BCUT2D eigenvalue weighted by Gasteiger charge is 2.06. The Morgan fingerprint density at radius 3 is 2.94 bits per heavy atom. The summed E-state index contributed by atoms with van der Waals surface area (Å²) in [5, 5.41) is 2.14. The first kappa shape index (κ1) is 10.8. The van der Waals surface area contributed by atoms with Gasteiger partial charge in [-0.15, -0.1) is 0 Å². The van der Waals surface area contributed by atoms with Gasteiger partial charge in [-0.3, -0.25) is 9.78 Å². The van der Waals surface area contributed by atoms with Crippen molar-refractivity contribution in [2.75, 3.05) is 6.54 Å². The number of benzene rings is 1. The summed E-state index contributed by atoms with van der Waals surface area (Å²) in [6.07, 6.45) is 4.00. The fraction of sp³-hybridized carbons (Fsp3) is 0.231. The number of fused-ring (bicyclic) bond motifs is 1. The molecule has 0 atom stereocenters. The van der Waals surface area contributed by atoms with Crippen LogP contribution in [-0.2, 0) is 0 Å². The van der Waals surface area contributed by atoms with Crippen molar-refractivity contribution in [3.8, 4) is 0 Å². The van der Waals surface area contributed by atoms with Gasteiger partial charge >= 0.3 is 0 Å². The zero-order valence-corrected chi connectivity index (χ0v) is 9.23. The summed E-state index contributed by atoms with van der Waals surface area (Å²) in [6, 6.07) is 5.71. The Morgan fingerprint density at radius 2 is 2.19 bits per heavy atom.